The molecule has 90 valence electrons. The van der Waals surface area contributed by atoms with Crippen molar-refractivity contribution in [3.05, 3.63) is 34.6 Å². The van der Waals surface area contributed by atoms with Crippen molar-refractivity contribution < 1.29 is 4.39 Å². The summed E-state index contributed by atoms with van der Waals surface area (Å²) in [5, 5.41) is 3.44. The molecule has 1 N–H and O–H groups in total. The maximum Gasteiger partial charge on any atom is 0.142 e. The van der Waals surface area contributed by atoms with Crippen LogP contribution in [0.4, 0.5) is 4.39 Å². The van der Waals surface area contributed by atoms with Crippen molar-refractivity contribution in [2.24, 2.45) is 0 Å². The van der Waals surface area contributed by atoms with Crippen molar-refractivity contribution in [1.82, 2.24) is 10.2 Å². The summed E-state index contributed by atoms with van der Waals surface area (Å²) in [6.45, 7) is 5.72. The molecular weight excluding hydrogens is 227 g/mol. The zero-order valence-corrected chi connectivity index (χ0v) is 10.5. The van der Waals surface area contributed by atoms with Gasteiger partial charge in [-0.3, -0.25) is 0 Å². The Hall–Kier alpha value is -0.640. The van der Waals surface area contributed by atoms with E-state index in [4.69, 9.17) is 11.6 Å². The molecule has 2 nitrogen and oxygen atoms in total. The molecule has 0 aromatic heterocycles. The first kappa shape index (κ1) is 13.4. The molecule has 0 unspecified atom stereocenters. The van der Waals surface area contributed by atoms with Gasteiger partial charge in [0.1, 0.15) is 5.82 Å². The van der Waals surface area contributed by atoms with Crippen LogP contribution in [-0.2, 0) is 6.54 Å². The molecule has 0 aliphatic heterocycles. The summed E-state index contributed by atoms with van der Waals surface area (Å²) < 4.78 is 13.1. The summed E-state index contributed by atoms with van der Waals surface area (Å²) in [7, 11) is 2.07. The maximum absolute atomic E-state index is 13.1. The highest BCUT2D eigenvalue weighted by atomic mass is 35.5. The van der Waals surface area contributed by atoms with E-state index in [1.54, 1.807) is 6.07 Å². The van der Waals surface area contributed by atoms with Gasteiger partial charge >= 0.3 is 0 Å². The van der Waals surface area contributed by atoms with Gasteiger partial charge in [0.25, 0.3) is 0 Å². The maximum atomic E-state index is 13.1. The lowest BCUT2D eigenvalue weighted by molar-refractivity contribution is 0.349. The molecular formula is C12H18ClFN2. The quantitative estimate of drug-likeness (QED) is 0.774. The van der Waals surface area contributed by atoms with Crippen LogP contribution in [0.1, 0.15) is 12.5 Å². The topological polar surface area (TPSA) is 15.3 Å². The van der Waals surface area contributed by atoms with Crippen LogP contribution in [0.3, 0.4) is 0 Å². The molecule has 0 fully saturated rings. The lowest BCUT2D eigenvalue weighted by Crippen LogP contribution is -2.28. The normalized spacial score (nSPS) is 11.1. The van der Waals surface area contributed by atoms with Crippen molar-refractivity contribution >= 4 is 11.6 Å². The van der Waals surface area contributed by atoms with Gasteiger partial charge < -0.3 is 10.2 Å². The molecule has 4 heteroatoms. The summed E-state index contributed by atoms with van der Waals surface area (Å²) in [6, 6.07) is 4.90. The van der Waals surface area contributed by atoms with Gasteiger partial charge in [-0.05, 0) is 31.3 Å². The first-order valence-corrected chi connectivity index (χ1v) is 5.84. The molecule has 0 aliphatic carbocycles. The van der Waals surface area contributed by atoms with Gasteiger partial charge in [0.2, 0.25) is 0 Å². The Kier molecular flexibility index (Phi) is 5.74. The molecule has 0 bridgehead atoms. The molecule has 1 aromatic carbocycles. The fourth-order valence-electron chi connectivity index (χ4n) is 1.31. The third-order valence-corrected chi connectivity index (χ3v) is 2.83. The number of nitrogens with zero attached hydrogens (tertiary/aromatic N) is 1. The molecule has 0 saturated carbocycles. The molecule has 0 amide bonds. The van der Waals surface area contributed by atoms with E-state index in [0.717, 1.165) is 25.2 Å². The molecule has 1 aromatic rings. The van der Waals surface area contributed by atoms with Gasteiger partial charge in [-0.2, -0.15) is 0 Å². The number of rotatable bonds is 6. The van der Waals surface area contributed by atoms with E-state index in [9.17, 15) is 4.39 Å². The SMILES string of the molecule is CCN(C)CCNCc1ccc(Cl)c(F)c1. The zero-order valence-electron chi connectivity index (χ0n) is 9.76. The monoisotopic (exact) mass is 244 g/mol. The molecule has 0 saturated heterocycles. The van der Waals surface area contributed by atoms with Crippen molar-refractivity contribution in [3.8, 4) is 0 Å². The Morgan fingerprint density at radius 2 is 2.19 bits per heavy atom. The Morgan fingerprint density at radius 1 is 1.44 bits per heavy atom. The van der Waals surface area contributed by atoms with E-state index < -0.39 is 0 Å². The number of benzene rings is 1. The second kappa shape index (κ2) is 6.84. The van der Waals surface area contributed by atoms with Crippen LogP contribution in [0.5, 0.6) is 0 Å². The Bertz CT molecular complexity index is 331. The predicted octanol–water partition coefficient (Wildman–Crippen LogP) is 2.52. The summed E-state index contributed by atoms with van der Waals surface area (Å²) in [4.78, 5) is 2.22. The fraction of sp³-hybridized carbons (Fsp3) is 0.500. The number of hydrogen-bond donors (Lipinski definition) is 1. The zero-order chi connectivity index (χ0) is 12.0. The third kappa shape index (κ3) is 4.47. The first-order valence-electron chi connectivity index (χ1n) is 5.46. The second-order valence-electron chi connectivity index (χ2n) is 3.82. The molecule has 0 heterocycles. The van der Waals surface area contributed by atoms with Crippen LogP contribution < -0.4 is 5.32 Å². The minimum Gasteiger partial charge on any atom is -0.311 e. The fourth-order valence-corrected chi connectivity index (χ4v) is 1.43. The summed E-state index contributed by atoms with van der Waals surface area (Å²) in [5.74, 6) is -0.355. The van der Waals surface area contributed by atoms with Crippen LogP contribution >= 0.6 is 11.6 Å². The predicted molar refractivity (Wildman–Crippen MR) is 66.3 cm³/mol. The van der Waals surface area contributed by atoms with Crippen LogP contribution in [0.15, 0.2) is 18.2 Å². The summed E-state index contributed by atoms with van der Waals surface area (Å²) in [6.07, 6.45) is 0. The van der Waals surface area contributed by atoms with Crippen molar-refractivity contribution in [2.45, 2.75) is 13.5 Å². The highest BCUT2D eigenvalue weighted by Crippen LogP contribution is 2.15. The average molecular weight is 245 g/mol. The van der Waals surface area contributed by atoms with Crippen molar-refractivity contribution in [1.29, 1.82) is 0 Å². The van der Waals surface area contributed by atoms with Crippen LogP contribution in [-0.4, -0.2) is 31.6 Å². The lowest BCUT2D eigenvalue weighted by Gasteiger charge is -2.14. The average Bonchev–Trinajstić information content (AvgIpc) is 2.28. The Labute approximate surface area is 101 Å². The van der Waals surface area contributed by atoms with Gasteiger partial charge in [-0.1, -0.05) is 24.6 Å². The van der Waals surface area contributed by atoms with E-state index in [1.807, 2.05) is 6.07 Å². The Morgan fingerprint density at radius 3 is 2.81 bits per heavy atom. The minimum atomic E-state index is -0.355. The molecule has 0 radical (unpaired) electrons. The number of hydrogen-bond acceptors (Lipinski definition) is 2. The van der Waals surface area contributed by atoms with Crippen LogP contribution in [0.2, 0.25) is 5.02 Å². The van der Waals surface area contributed by atoms with Gasteiger partial charge in [-0.25, -0.2) is 4.39 Å². The third-order valence-electron chi connectivity index (χ3n) is 2.52. The Balaban J connectivity index is 2.29. The highest BCUT2D eigenvalue weighted by molar-refractivity contribution is 6.30. The van der Waals surface area contributed by atoms with Gasteiger partial charge in [0.15, 0.2) is 0 Å². The van der Waals surface area contributed by atoms with E-state index in [1.165, 1.54) is 6.07 Å². The minimum absolute atomic E-state index is 0.175. The molecule has 1 rings (SSSR count). The summed E-state index contributed by atoms with van der Waals surface area (Å²) in [5.41, 5.74) is 0.918. The number of likely N-dealkylation sites (N-methyl/N-ethyl adjacent to an activating group) is 1. The molecule has 0 aliphatic rings. The molecule has 16 heavy (non-hydrogen) atoms. The summed E-state index contributed by atoms with van der Waals surface area (Å²) >= 11 is 5.60. The van der Waals surface area contributed by atoms with Crippen LogP contribution in [0, 0.1) is 5.82 Å². The number of halogens is 2. The lowest BCUT2D eigenvalue weighted by atomic mass is 10.2. The highest BCUT2D eigenvalue weighted by Gasteiger charge is 2.00. The van der Waals surface area contributed by atoms with E-state index in [2.05, 4.69) is 24.2 Å². The van der Waals surface area contributed by atoms with Gasteiger partial charge in [0, 0.05) is 19.6 Å². The van der Waals surface area contributed by atoms with Crippen molar-refractivity contribution in [3.63, 3.8) is 0 Å². The van der Waals surface area contributed by atoms with E-state index in [0.29, 0.717) is 6.54 Å². The number of nitrogens with one attached hydrogen (secondary N) is 1. The molecule has 0 spiro atoms. The smallest absolute Gasteiger partial charge is 0.142 e. The van der Waals surface area contributed by atoms with Crippen molar-refractivity contribution in [2.75, 3.05) is 26.7 Å². The van der Waals surface area contributed by atoms with Gasteiger partial charge in [0.05, 0.1) is 5.02 Å². The first-order chi connectivity index (χ1) is 7.63. The second-order valence-corrected chi connectivity index (χ2v) is 4.23. The van der Waals surface area contributed by atoms with Gasteiger partial charge in [-0.15, -0.1) is 0 Å². The van der Waals surface area contributed by atoms with E-state index in [-0.39, 0.29) is 10.8 Å². The largest absolute Gasteiger partial charge is 0.311 e. The standard InChI is InChI=1S/C12H18ClFN2/c1-3-16(2)7-6-15-9-10-4-5-11(13)12(14)8-10/h4-5,8,15H,3,6-7,9H2,1-2H3. The molecule has 0 atom stereocenters. The van der Waals surface area contributed by atoms with E-state index >= 15 is 0 Å². The van der Waals surface area contributed by atoms with Crippen LogP contribution in [0.25, 0.3) is 0 Å².